The lowest BCUT2D eigenvalue weighted by molar-refractivity contribution is -0.130. The molecule has 0 bridgehead atoms. The Morgan fingerprint density at radius 3 is 2.92 bits per heavy atom. The fraction of sp³-hybridized carbons (Fsp3) is 0.529. The molecule has 0 aliphatic carbocycles. The third-order valence-electron chi connectivity index (χ3n) is 4.38. The number of hydrogen-bond donors (Lipinski definition) is 1. The summed E-state index contributed by atoms with van der Waals surface area (Å²) in [6.45, 7) is 3.51. The van der Waals surface area contributed by atoms with E-state index in [1.165, 1.54) is 0 Å². The first-order valence-electron chi connectivity index (χ1n) is 7.94. The van der Waals surface area contributed by atoms with Crippen LogP contribution in [0.5, 0.6) is 5.75 Å². The number of rotatable bonds is 3. The molecule has 7 nitrogen and oxygen atoms in total. The van der Waals surface area contributed by atoms with Gasteiger partial charge in [-0.15, -0.1) is 4.40 Å². The highest BCUT2D eigenvalue weighted by atomic mass is 32.2. The maximum atomic E-state index is 11.7. The summed E-state index contributed by atoms with van der Waals surface area (Å²) >= 11 is 0. The summed E-state index contributed by atoms with van der Waals surface area (Å²) in [6.07, 6.45) is 1.96. The molecule has 0 radical (unpaired) electrons. The normalized spacial score (nSPS) is 21.6. The van der Waals surface area contributed by atoms with Gasteiger partial charge in [0, 0.05) is 25.9 Å². The molecule has 2 aliphatic rings. The molecule has 0 aromatic heterocycles. The molecule has 0 spiro atoms. The molecule has 138 valence electrons. The largest absolute Gasteiger partial charge is 0.492 e. The molecule has 1 aromatic rings. The highest BCUT2D eigenvalue weighted by Crippen LogP contribution is 2.29. The summed E-state index contributed by atoms with van der Waals surface area (Å²) in [5, 5.41) is 0. The van der Waals surface area contributed by atoms with Crippen molar-refractivity contribution < 1.29 is 17.9 Å². The fourth-order valence-corrected chi connectivity index (χ4v) is 4.32. The minimum absolute atomic E-state index is 0. The predicted octanol–water partition coefficient (Wildman–Crippen LogP) is 1.51. The number of sulfonamides is 1. The molecule has 3 rings (SSSR count). The van der Waals surface area contributed by atoms with Crippen LogP contribution in [0.25, 0.3) is 0 Å². The number of amidine groups is 1. The molecule has 1 amide bonds. The molecule has 2 N–H and O–H groups in total. The van der Waals surface area contributed by atoms with Crippen molar-refractivity contribution in [1.82, 2.24) is 4.90 Å². The minimum Gasteiger partial charge on any atom is -0.492 e. The second-order valence-corrected chi connectivity index (χ2v) is 7.91. The van der Waals surface area contributed by atoms with Gasteiger partial charge in [-0.1, -0.05) is 19.6 Å². The molecule has 0 saturated carbocycles. The number of fused-ring (bicyclic) bond motifs is 1. The van der Waals surface area contributed by atoms with Gasteiger partial charge in [0.2, 0.25) is 5.91 Å². The summed E-state index contributed by atoms with van der Waals surface area (Å²) in [6, 6.07) is 5.25. The number of carbonyl (C=O) groups excluding carboxylic acids is 1. The summed E-state index contributed by atoms with van der Waals surface area (Å²) in [5.41, 5.74) is 7.00. The number of nitrogens with zero attached hydrogens (tertiary/aromatic N) is 2. The number of amides is 1. The van der Waals surface area contributed by atoms with Crippen LogP contribution in [0.4, 0.5) is 0 Å². The fourth-order valence-electron chi connectivity index (χ4n) is 3.23. The average Bonchev–Trinajstić information content (AvgIpc) is 2.51. The van der Waals surface area contributed by atoms with Gasteiger partial charge in [0.1, 0.15) is 11.6 Å². The molecular formula is C17H25N3O4S. The summed E-state index contributed by atoms with van der Waals surface area (Å²) in [5.74, 6) is 0.689. The molecule has 1 saturated heterocycles. The quantitative estimate of drug-likeness (QED) is 0.872. The Balaban J connectivity index is 0.00000225. The van der Waals surface area contributed by atoms with Crippen molar-refractivity contribution in [2.45, 2.75) is 32.9 Å². The van der Waals surface area contributed by atoms with Crippen LogP contribution < -0.4 is 10.5 Å². The van der Waals surface area contributed by atoms with E-state index < -0.39 is 10.0 Å². The van der Waals surface area contributed by atoms with E-state index in [0.717, 1.165) is 19.4 Å². The molecule has 2 heterocycles. The zero-order chi connectivity index (χ0) is 17.3. The van der Waals surface area contributed by atoms with E-state index >= 15 is 0 Å². The standard InChI is InChI=1S/C16H21N3O4S.CH4/c1-11(20)19-7-3-4-12(8-19)9-23-14-6-2-5-13-10-24(21,22)18-16(17)15(13)14;/h2,5-6,12H,3-4,7-10H2,1H3,(H2,17,18);1H4/t12-;/m0./s1. The first kappa shape index (κ1) is 19.2. The van der Waals surface area contributed by atoms with Gasteiger partial charge < -0.3 is 15.4 Å². The Morgan fingerprint density at radius 2 is 2.20 bits per heavy atom. The van der Waals surface area contributed by atoms with Crippen molar-refractivity contribution in [3.05, 3.63) is 29.3 Å². The third-order valence-corrected chi connectivity index (χ3v) is 5.53. The van der Waals surface area contributed by atoms with Crippen LogP contribution in [0.3, 0.4) is 0 Å². The van der Waals surface area contributed by atoms with Crippen molar-refractivity contribution in [3.8, 4) is 5.75 Å². The van der Waals surface area contributed by atoms with Crippen LogP contribution in [0.15, 0.2) is 22.6 Å². The van der Waals surface area contributed by atoms with Gasteiger partial charge in [0.15, 0.2) is 0 Å². The smallest absolute Gasteiger partial charge is 0.259 e. The second-order valence-electron chi connectivity index (χ2n) is 6.28. The predicted molar refractivity (Wildman–Crippen MR) is 97.0 cm³/mol. The number of nitrogens with two attached hydrogens (primary N) is 1. The lowest BCUT2D eigenvalue weighted by Crippen LogP contribution is -2.40. The molecule has 8 heteroatoms. The van der Waals surface area contributed by atoms with Crippen LogP contribution in [-0.2, 0) is 20.6 Å². The van der Waals surface area contributed by atoms with Crippen LogP contribution in [-0.4, -0.2) is 44.8 Å². The number of hydrogen-bond acceptors (Lipinski definition) is 5. The topological polar surface area (TPSA) is 102 Å². The highest BCUT2D eigenvalue weighted by molar-refractivity contribution is 7.89. The number of benzene rings is 1. The highest BCUT2D eigenvalue weighted by Gasteiger charge is 2.26. The van der Waals surface area contributed by atoms with Crippen LogP contribution in [0, 0.1) is 5.92 Å². The van der Waals surface area contributed by atoms with Crippen molar-refractivity contribution in [2.75, 3.05) is 19.7 Å². The van der Waals surface area contributed by atoms with Gasteiger partial charge in [-0.25, -0.2) is 8.42 Å². The molecule has 1 aromatic carbocycles. The molecule has 0 unspecified atom stereocenters. The van der Waals surface area contributed by atoms with Gasteiger partial charge in [-0.05, 0) is 24.5 Å². The van der Waals surface area contributed by atoms with E-state index in [0.29, 0.717) is 30.0 Å². The van der Waals surface area contributed by atoms with Crippen molar-refractivity contribution in [3.63, 3.8) is 0 Å². The van der Waals surface area contributed by atoms with E-state index in [1.807, 2.05) is 4.90 Å². The van der Waals surface area contributed by atoms with E-state index in [2.05, 4.69) is 4.40 Å². The zero-order valence-corrected chi connectivity index (χ0v) is 14.4. The molecule has 1 fully saturated rings. The Bertz CT molecular complexity index is 789. The minimum atomic E-state index is -3.55. The SMILES string of the molecule is C.CC(=O)N1CCC[C@H](COc2cccc3c2C(N)=NS(=O)(=O)C3)C1. The van der Waals surface area contributed by atoms with E-state index in [1.54, 1.807) is 25.1 Å². The lowest BCUT2D eigenvalue weighted by atomic mass is 9.99. The zero-order valence-electron chi connectivity index (χ0n) is 13.6. The van der Waals surface area contributed by atoms with Crippen molar-refractivity contribution >= 4 is 21.8 Å². The monoisotopic (exact) mass is 367 g/mol. The summed E-state index contributed by atoms with van der Waals surface area (Å²) in [4.78, 5) is 13.3. The number of likely N-dealkylation sites (tertiary alicyclic amines) is 1. The van der Waals surface area contributed by atoms with Gasteiger partial charge in [0.25, 0.3) is 10.0 Å². The Morgan fingerprint density at radius 1 is 1.44 bits per heavy atom. The summed E-state index contributed by atoms with van der Waals surface area (Å²) in [7, 11) is -3.55. The van der Waals surface area contributed by atoms with Crippen molar-refractivity contribution in [1.29, 1.82) is 0 Å². The summed E-state index contributed by atoms with van der Waals surface area (Å²) < 4.78 is 32.9. The lowest BCUT2D eigenvalue weighted by Gasteiger charge is -2.32. The maximum Gasteiger partial charge on any atom is 0.259 e. The second kappa shape index (κ2) is 7.43. The third kappa shape index (κ3) is 4.31. The van der Waals surface area contributed by atoms with Crippen LogP contribution >= 0.6 is 0 Å². The van der Waals surface area contributed by atoms with Crippen LogP contribution in [0.1, 0.15) is 38.3 Å². The maximum absolute atomic E-state index is 11.7. The van der Waals surface area contributed by atoms with Gasteiger partial charge >= 0.3 is 0 Å². The van der Waals surface area contributed by atoms with E-state index in [4.69, 9.17) is 10.5 Å². The van der Waals surface area contributed by atoms with Gasteiger partial charge in [-0.3, -0.25) is 4.79 Å². The Hall–Kier alpha value is -2.09. The van der Waals surface area contributed by atoms with E-state index in [9.17, 15) is 13.2 Å². The van der Waals surface area contributed by atoms with Gasteiger partial charge in [-0.2, -0.15) is 0 Å². The molecule has 2 aliphatic heterocycles. The molecular weight excluding hydrogens is 342 g/mol. The molecule has 25 heavy (non-hydrogen) atoms. The molecule has 1 atom stereocenters. The number of ether oxygens (including phenoxy) is 1. The Labute approximate surface area is 148 Å². The van der Waals surface area contributed by atoms with Crippen LogP contribution in [0.2, 0.25) is 0 Å². The average molecular weight is 367 g/mol. The van der Waals surface area contributed by atoms with E-state index in [-0.39, 0.29) is 30.8 Å². The number of carbonyl (C=O) groups is 1. The number of piperidine rings is 1. The van der Waals surface area contributed by atoms with Gasteiger partial charge in [0.05, 0.1) is 17.9 Å². The Kier molecular flexibility index (Phi) is 5.72. The van der Waals surface area contributed by atoms with Crippen molar-refractivity contribution in [2.24, 2.45) is 16.0 Å². The first-order chi connectivity index (χ1) is 11.4. The first-order valence-corrected chi connectivity index (χ1v) is 9.55.